The van der Waals surface area contributed by atoms with E-state index in [0.717, 1.165) is 25.7 Å². The van der Waals surface area contributed by atoms with Gasteiger partial charge in [0.1, 0.15) is 0 Å². The summed E-state index contributed by atoms with van der Waals surface area (Å²) in [5.41, 5.74) is -0.186. The summed E-state index contributed by atoms with van der Waals surface area (Å²) >= 11 is 0. The fourth-order valence-electron chi connectivity index (χ4n) is 3.56. The van der Waals surface area contributed by atoms with Gasteiger partial charge in [-0.15, -0.1) is 0 Å². The number of amides is 1. The Balaban J connectivity index is 1.87. The van der Waals surface area contributed by atoms with Crippen LogP contribution in [0.15, 0.2) is 0 Å². The van der Waals surface area contributed by atoms with Gasteiger partial charge in [0, 0.05) is 17.4 Å². The molecule has 0 aliphatic heterocycles. The Morgan fingerprint density at radius 2 is 1.61 bits per heavy atom. The third-order valence-electron chi connectivity index (χ3n) is 5.13. The van der Waals surface area contributed by atoms with Crippen LogP contribution in [-0.4, -0.2) is 24.2 Å². The van der Waals surface area contributed by atoms with Gasteiger partial charge in [0.25, 0.3) is 0 Å². The molecule has 104 valence electrons. The van der Waals surface area contributed by atoms with Gasteiger partial charge in [-0.25, -0.2) is 0 Å². The van der Waals surface area contributed by atoms with E-state index in [-0.39, 0.29) is 23.3 Å². The van der Waals surface area contributed by atoms with E-state index >= 15 is 0 Å². The molecule has 2 aliphatic rings. The number of carbonyl (C=O) groups is 1. The average molecular weight is 253 g/mol. The zero-order valence-corrected chi connectivity index (χ0v) is 11.6. The van der Waals surface area contributed by atoms with Crippen molar-refractivity contribution in [3.05, 3.63) is 0 Å². The summed E-state index contributed by atoms with van der Waals surface area (Å²) in [5, 5.41) is 12.7. The molecule has 2 rings (SSSR count). The first-order valence-corrected chi connectivity index (χ1v) is 7.50. The molecule has 0 atom stereocenters. The summed E-state index contributed by atoms with van der Waals surface area (Å²) in [6.07, 6.45) is 10.1. The quantitative estimate of drug-likeness (QED) is 0.809. The minimum absolute atomic E-state index is 0.0271. The fourth-order valence-corrected chi connectivity index (χ4v) is 3.56. The molecule has 0 aromatic heterocycles. The van der Waals surface area contributed by atoms with Crippen LogP contribution in [0.3, 0.4) is 0 Å². The maximum atomic E-state index is 12.3. The third kappa shape index (κ3) is 2.87. The second kappa shape index (κ2) is 5.60. The molecule has 0 radical (unpaired) electrons. The van der Waals surface area contributed by atoms with E-state index in [9.17, 15) is 9.90 Å². The molecule has 3 nitrogen and oxygen atoms in total. The molecule has 1 amide bonds. The predicted molar refractivity (Wildman–Crippen MR) is 72.2 cm³/mol. The van der Waals surface area contributed by atoms with Crippen LogP contribution in [-0.2, 0) is 4.79 Å². The van der Waals surface area contributed by atoms with Crippen LogP contribution < -0.4 is 5.32 Å². The SMILES string of the molecule is CC1(C(=O)NCC2(CO)CCCC2)CCCCC1. The lowest BCUT2D eigenvalue weighted by molar-refractivity contribution is -0.132. The molecule has 18 heavy (non-hydrogen) atoms. The second-order valence-corrected chi connectivity index (χ2v) is 6.67. The maximum absolute atomic E-state index is 12.3. The Labute approximate surface area is 110 Å². The molecule has 2 saturated carbocycles. The molecule has 2 fully saturated rings. The Morgan fingerprint density at radius 3 is 2.17 bits per heavy atom. The van der Waals surface area contributed by atoms with E-state index in [1.807, 2.05) is 0 Å². The van der Waals surface area contributed by atoms with E-state index in [0.29, 0.717) is 6.54 Å². The smallest absolute Gasteiger partial charge is 0.225 e. The molecular weight excluding hydrogens is 226 g/mol. The van der Waals surface area contributed by atoms with Crippen LogP contribution in [0.4, 0.5) is 0 Å². The molecule has 0 heterocycles. The predicted octanol–water partition coefficient (Wildman–Crippen LogP) is 2.63. The number of rotatable bonds is 4. The van der Waals surface area contributed by atoms with Gasteiger partial charge in [-0.3, -0.25) is 4.79 Å². The van der Waals surface area contributed by atoms with E-state index in [1.54, 1.807) is 0 Å². The fraction of sp³-hybridized carbons (Fsp3) is 0.933. The van der Waals surface area contributed by atoms with Crippen molar-refractivity contribution < 1.29 is 9.90 Å². The molecule has 0 aromatic carbocycles. The minimum atomic E-state index is -0.159. The summed E-state index contributed by atoms with van der Waals surface area (Å²) in [5.74, 6) is 0.210. The lowest BCUT2D eigenvalue weighted by Crippen LogP contribution is -2.45. The maximum Gasteiger partial charge on any atom is 0.225 e. The number of aliphatic hydroxyl groups excluding tert-OH is 1. The highest BCUT2D eigenvalue weighted by atomic mass is 16.3. The van der Waals surface area contributed by atoms with Gasteiger partial charge in [0.2, 0.25) is 5.91 Å². The summed E-state index contributed by atoms with van der Waals surface area (Å²) in [4.78, 5) is 12.3. The molecule has 3 heteroatoms. The highest BCUT2D eigenvalue weighted by Gasteiger charge is 2.38. The summed E-state index contributed by atoms with van der Waals surface area (Å²) < 4.78 is 0. The number of nitrogens with one attached hydrogen (secondary N) is 1. The Morgan fingerprint density at radius 1 is 1.06 bits per heavy atom. The standard InChI is InChI=1S/C15H27NO2/c1-14(7-3-2-4-8-14)13(18)16-11-15(12-17)9-5-6-10-15/h17H,2-12H2,1H3,(H,16,18). The largest absolute Gasteiger partial charge is 0.396 e. The third-order valence-corrected chi connectivity index (χ3v) is 5.13. The lowest BCUT2D eigenvalue weighted by Gasteiger charge is -2.34. The van der Waals surface area contributed by atoms with Gasteiger partial charge in [0.15, 0.2) is 0 Å². The van der Waals surface area contributed by atoms with E-state index in [4.69, 9.17) is 0 Å². The molecule has 2 N–H and O–H groups in total. The van der Waals surface area contributed by atoms with Crippen LogP contribution in [0, 0.1) is 10.8 Å². The molecule has 2 aliphatic carbocycles. The highest BCUT2D eigenvalue weighted by molar-refractivity contribution is 5.82. The van der Waals surface area contributed by atoms with Crippen LogP contribution in [0.2, 0.25) is 0 Å². The number of hydrogen-bond donors (Lipinski definition) is 2. The average Bonchev–Trinajstić information content (AvgIpc) is 2.86. The van der Waals surface area contributed by atoms with Crippen LogP contribution in [0.5, 0.6) is 0 Å². The summed E-state index contributed by atoms with van der Waals surface area (Å²) in [7, 11) is 0. The number of hydrogen-bond acceptors (Lipinski definition) is 2. The van der Waals surface area contributed by atoms with Crippen molar-refractivity contribution in [3.8, 4) is 0 Å². The van der Waals surface area contributed by atoms with Gasteiger partial charge >= 0.3 is 0 Å². The topological polar surface area (TPSA) is 49.3 Å². The zero-order valence-electron chi connectivity index (χ0n) is 11.6. The van der Waals surface area contributed by atoms with Crippen LogP contribution in [0.1, 0.15) is 64.7 Å². The first-order valence-electron chi connectivity index (χ1n) is 7.50. The van der Waals surface area contributed by atoms with Crippen molar-refractivity contribution in [2.45, 2.75) is 64.7 Å². The zero-order chi connectivity index (χ0) is 13.1. The Bertz CT molecular complexity index is 289. The van der Waals surface area contributed by atoms with Gasteiger partial charge in [-0.2, -0.15) is 0 Å². The second-order valence-electron chi connectivity index (χ2n) is 6.67. The number of carbonyl (C=O) groups excluding carboxylic acids is 1. The first kappa shape index (κ1) is 13.9. The molecule has 0 spiro atoms. The van der Waals surface area contributed by atoms with Gasteiger partial charge in [-0.1, -0.05) is 39.0 Å². The minimum Gasteiger partial charge on any atom is -0.396 e. The Kier molecular flexibility index (Phi) is 4.31. The molecule has 0 unspecified atom stereocenters. The van der Waals surface area contributed by atoms with Crippen molar-refractivity contribution in [1.82, 2.24) is 5.32 Å². The van der Waals surface area contributed by atoms with Crippen molar-refractivity contribution in [2.24, 2.45) is 10.8 Å². The first-order chi connectivity index (χ1) is 8.60. The van der Waals surface area contributed by atoms with Crippen molar-refractivity contribution >= 4 is 5.91 Å². The lowest BCUT2D eigenvalue weighted by atomic mass is 9.75. The van der Waals surface area contributed by atoms with Crippen molar-refractivity contribution in [3.63, 3.8) is 0 Å². The van der Waals surface area contributed by atoms with Gasteiger partial charge < -0.3 is 10.4 Å². The summed E-state index contributed by atoms with van der Waals surface area (Å²) in [6, 6.07) is 0. The molecule has 0 saturated heterocycles. The van der Waals surface area contributed by atoms with E-state index < -0.39 is 0 Å². The van der Waals surface area contributed by atoms with E-state index in [1.165, 1.54) is 32.1 Å². The summed E-state index contributed by atoms with van der Waals surface area (Å²) in [6.45, 7) is 2.98. The van der Waals surface area contributed by atoms with Gasteiger partial charge in [-0.05, 0) is 25.7 Å². The van der Waals surface area contributed by atoms with Gasteiger partial charge in [0.05, 0.1) is 6.61 Å². The monoisotopic (exact) mass is 253 g/mol. The van der Waals surface area contributed by atoms with Crippen molar-refractivity contribution in [2.75, 3.05) is 13.2 Å². The van der Waals surface area contributed by atoms with Crippen LogP contribution in [0.25, 0.3) is 0 Å². The molecular formula is C15H27NO2. The Hall–Kier alpha value is -0.570. The van der Waals surface area contributed by atoms with Crippen LogP contribution >= 0.6 is 0 Å². The molecule has 0 aromatic rings. The normalized spacial score (nSPS) is 25.9. The van der Waals surface area contributed by atoms with E-state index in [2.05, 4.69) is 12.2 Å². The van der Waals surface area contributed by atoms with Crippen molar-refractivity contribution in [1.29, 1.82) is 0 Å². The number of aliphatic hydroxyl groups is 1. The molecule has 0 bridgehead atoms. The highest BCUT2D eigenvalue weighted by Crippen LogP contribution is 2.39.